The second-order valence-corrected chi connectivity index (χ2v) is 12.2. The van der Waals surface area contributed by atoms with Crippen molar-refractivity contribution in [3.8, 4) is 5.75 Å². The molecule has 9 nitrogen and oxygen atoms in total. The molecule has 2 aromatic carbocycles. The van der Waals surface area contributed by atoms with Crippen molar-refractivity contribution in [3.05, 3.63) is 59.2 Å². The average Bonchev–Trinajstić information content (AvgIpc) is 2.96. The van der Waals surface area contributed by atoms with Gasteiger partial charge < -0.3 is 30.1 Å². The maximum atomic E-state index is 12.7. The van der Waals surface area contributed by atoms with Crippen molar-refractivity contribution in [2.24, 2.45) is 0 Å². The van der Waals surface area contributed by atoms with Gasteiger partial charge in [0, 0.05) is 24.8 Å². The zero-order chi connectivity index (χ0) is 28.6. The first-order valence-corrected chi connectivity index (χ1v) is 16.0. The molecule has 224 valence electrons. The van der Waals surface area contributed by atoms with Gasteiger partial charge in [-0.2, -0.15) is 0 Å². The Hall–Kier alpha value is -2.05. The van der Waals surface area contributed by atoms with Crippen LogP contribution in [0.3, 0.4) is 0 Å². The average molecular weight is 579 g/mol. The molecule has 0 unspecified atom stereocenters. The summed E-state index contributed by atoms with van der Waals surface area (Å²) in [5.74, 6) is 0.0288. The van der Waals surface area contributed by atoms with E-state index in [1.807, 2.05) is 6.07 Å². The second kappa shape index (κ2) is 17.7. The van der Waals surface area contributed by atoms with Gasteiger partial charge in [-0.05, 0) is 67.6 Å². The third-order valence-electron chi connectivity index (χ3n) is 7.17. The summed E-state index contributed by atoms with van der Waals surface area (Å²) in [6.07, 6.45) is 8.52. The number of rotatable bonds is 19. The lowest BCUT2D eigenvalue weighted by atomic mass is 9.96. The Morgan fingerprint density at radius 1 is 0.925 bits per heavy atom. The van der Waals surface area contributed by atoms with Gasteiger partial charge in [0.25, 0.3) is 0 Å². The number of sulfonamides is 1. The number of unbranched alkanes of at least 4 members (excludes halogenated alkanes) is 3. The fourth-order valence-corrected chi connectivity index (χ4v) is 6.20. The quantitative estimate of drug-likeness (QED) is 0.158. The number of phenols is 1. The summed E-state index contributed by atoms with van der Waals surface area (Å²) in [6, 6.07) is 11.7. The molecule has 0 aromatic heterocycles. The summed E-state index contributed by atoms with van der Waals surface area (Å²) in [5.41, 5.74) is 1.90. The van der Waals surface area contributed by atoms with Crippen LogP contribution in [0.15, 0.2) is 47.4 Å². The largest absolute Gasteiger partial charge is 0.508 e. The van der Waals surface area contributed by atoms with Crippen LogP contribution < -0.4 is 10.0 Å². The molecule has 0 amide bonds. The van der Waals surface area contributed by atoms with Gasteiger partial charge in [-0.15, -0.1) is 0 Å². The summed E-state index contributed by atoms with van der Waals surface area (Å²) in [6.45, 7) is 2.90. The van der Waals surface area contributed by atoms with E-state index in [-0.39, 0.29) is 23.3 Å². The minimum atomic E-state index is -3.52. The minimum Gasteiger partial charge on any atom is -0.508 e. The molecule has 3 rings (SSSR count). The molecule has 0 bridgehead atoms. The topological polar surface area (TPSA) is 137 Å². The molecule has 0 saturated heterocycles. The predicted molar refractivity (Wildman–Crippen MR) is 154 cm³/mol. The highest BCUT2D eigenvalue weighted by Crippen LogP contribution is 2.23. The Kier molecular flexibility index (Phi) is 14.4. The third-order valence-corrected chi connectivity index (χ3v) is 8.68. The van der Waals surface area contributed by atoms with E-state index >= 15 is 0 Å². The Morgan fingerprint density at radius 2 is 1.70 bits per heavy atom. The highest BCUT2D eigenvalue weighted by Gasteiger charge is 2.22. The molecule has 0 heterocycles. The number of aromatic hydroxyl groups is 1. The van der Waals surface area contributed by atoms with Crippen LogP contribution in [0.5, 0.6) is 5.75 Å². The van der Waals surface area contributed by atoms with Crippen LogP contribution >= 0.6 is 0 Å². The first-order chi connectivity index (χ1) is 19.4. The zero-order valence-corrected chi connectivity index (χ0v) is 24.2. The Bertz CT molecular complexity index is 1110. The number of nitrogens with one attached hydrogen (secondary N) is 2. The van der Waals surface area contributed by atoms with Crippen LogP contribution in [0, 0.1) is 0 Å². The predicted octanol–water partition coefficient (Wildman–Crippen LogP) is 3.91. The van der Waals surface area contributed by atoms with Crippen LogP contribution in [0.2, 0.25) is 0 Å². The molecule has 40 heavy (non-hydrogen) atoms. The maximum absolute atomic E-state index is 12.7. The van der Waals surface area contributed by atoms with E-state index in [1.165, 1.54) is 12.5 Å². The Morgan fingerprint density at radius 3 is 2.50 bits per heavy atom. The second-order valence-electron chi connectivity index (χ2n) is 10.4. The van der Waals surface area contributed by atoms with Crippen molar-refractivity contribution in [1.29, 1.82) is 0 Å². The molecule has 2 aromatic rings. The van der Waals surface area contributed by atoms with E-state index in [0.29, 0.717) is 44.1 Å². The molecule has 1 aliphatic carbocycles. The molecule has 0 spiro atoms. The van der Waals surface area contributed by atoms with E-state index in [4.69, 9.17) is 9.47 Å². The molecular weight excluding hydrogens is 532 g/mol. The lowest BCUT2D eigenvalue weighted by molar-refractivity contribution is 0.0392. The zero-order valence-electron chi connectivity index (χ0n) is 23.4. The lowest BCUT2D eigenvalue weighted by Crippen LogP contribution is -2.36. The summed E-state index contributed by atoms with van der Waals surface area (Å²) in [5, 5.41) is 32.4. The monoisotopic (exact) mass is 578 g/mol. The highest BCUT2D eigenvalue weighted by molar-refractivity contribution is 7.89. The molecule has 0 aliphatic heterocycles. The van der Waals surface area contributed by atoms with Gasteiger partial charge in [-0.25, -0.2) is 13.1 Å². The SMILES string of the molecule is O=S(=O)(NC1CCCCC1)c1cccc(COCCOCCCCCCNC[C@H](O)c2ccc(O)c(CO)c2)c1. The fourth-order valence-electron chi connectivity index (χ4n) is 4.82. The number of aliphatic hydroxyl groups is 2. The summed E-state index contributed by atoms with van der Waals surface area (Å²) in [7, 11) is -3.52. The van der Waals surface area contributed by atoms with Crippen molar-refractivity contribution in [2.45, 2.75) is 88.0 Å². The molecule has 1 atom stereocenters. The molecule has 5 N–H and O–H groups in total. The van der Waals surface area contributed by atoms with Crippen LogP contribution in [-0.4, -0.2) is 62.7 Å². The van der Waals surface area contributed by atoms with Gasteiger partial charge in [0.05, 0.1) is 37.4 Å². The third kappa shape index (κ3) is 11.4. The lowest BCUT2D eigenvalue weighted by Gasteiger charge is -2.22. The van der Waals surface area contributed by atoms with Crippen molar-refractivity contribution in [3.63, 3.8) is 0 Å². The standard InChI is InChI=1S/C30H46N2O7S/c33-22-26-20-25(13-14-29(26)34)30(35)21-31-15-6-1-2-7-16-38-17-18-39-23-24-9-8-12-28(19-24)40(36,37)32-27-10-4-3-5-11-27/h8-9,12-14,19-20,27,30-35H,1-7,10-11,15-18,21-23H2/t30-/m0/s1. The summed E-state index contributed by atoms with van der Waals surface area (Å²) >= 11 is 0. The molecule has 1 saturated carbocycles. The first kappa shape index (κ1) is 32.5. The first-order valence-electron chi connectivity index (χ1n) is 14.5. The van der Waals surface area contributed by atoms with Crippen LogP contribution in [-0.2, 0) is 32.7 Å². The van der Waals surface area contributed by atoms with E-state index in [1.54, 1.807) is 30.3 Å². The fraction of sp³-hybridized carbons (Fsp3) is 0.600. The smallest absolute Gasteiger partial charge is 0.240 e. The van der Waals surface area contributed by atoms with E-state index in [9.17, 15) is 23.7 Å². The van der Waals surface area contributed by atoms with Gasteiger partial charge in [-0.1, -0.05) is 50.3 Å². The molecule has 1 aliphatic rings. The number of hydrogen-bond donors (Lipinski definition) is 5. The molecule has 10 heteroatoms. The van der Waals surface area contributed by atoms with Crippen molar-refractivity contribution in [2.75, 3.05) is 32.9 Å². The highest BCUT2D eigenvalue weighted by atomic mass is 32.2. The van der Waals surface area contributed by atoms with Crippen LogP contribution in [0.4, 0.5) is 0 Å². The Labute approximate surface area is 239 Å². The number of hydrogen-bond acceptors (Lipinski definition) is 8. The minimum absolute atomic E-state index is 0.0288. The van der Waals surface area contributed by atoms with E-state index in [2.05, 4.69) is 10.0 Å². The van der Waals surface area contributed by atoms with Crippen LogP contribution in [0.1, 0.15) is 80.6 Å². The van der Waals surface area contributed by atoms with Crippen molar-refractivity contribution >= 4 is 10.0 Å². The van der Waals surface area contributed by atoms with Crippen LogP contribution in [0.25, 0.3) is 0 Å². The van der Waals surface area contributed by atoms with Gasteiger partial charge in [-0.3, -0.25) is 0 Å². The van der Waals surface area contributed by atoms with Gasteiger partial charge in [0.2, 0.25) is 10.0 Å². The normalized spacial score (nSPS) is 15.3. The summed E-state index contributed by atoms with van der Waals surface area (Å²) in [4.78, 5) is 0.288. The maximum Gasteiger partial charge on any atom is 0.240 e. The van der Waals surface area contributed by atoms with E-state index < -0.39 is 16.1 Å². The number of benzene rings is 2. The molecule has 1 fully saturated rings. The number of ether oxygens (including phenoxy) is 2. The van der Waals surface area contributed by atoms with Crippen molar-refractivity contribution < 1.29 is 33.2 Å². The van der Waals surface area contributed by atoms with E-state index in [0.717, 1.165) is 63.5 Å². The van der Waals surface area contributed by atoms with Gasteiger partial charge >= 0.3 is 0 Å². The molecular formula is C30H46N2O7S. The van der Waals surface area contributed by atoms with Gasteiger partial charge in [0.15, 0.2) is 0 Å². The van der Waals surface area contributed by atoms with Gasteiger partial charge in [0.1, 0.15) is 5.75 Å². The molecule has 0 radical (unpaired) electrons. The number of aliphatic hydroxyl groups excluding tert-OH is 2. The van der Waals surface area contributed by atoms with Crippen molar-refractivity contribution in [1.82, 2.24) is 10.0 Å². The Balaban J connectivity index is 1.17. The summed E-state index contributed by atoms with van der Waals surface area (Å²) < 4.78 is 39.7.